The first kappa shape index (κ1) is 14.2. The summed E-state index contributed by atoms with van der Waals surface area (Å²) in [5.41, 5.74) is -0.501. The van der Waals surface area contributed by atoms with E-state index in [4.69, 9.17) is 4.74 Å². The summed E-state index contributed by atoms with van der Waals surface area (Å²) in [6.45, 7) is 5.05. The van der Waals surface area contributed by atoms with Crippen molar-refractivity contribution < 1.29 is 13.9 Å². The van der Waals surface area contributed by atoms with Crippen LogP contribution in [-0.2, 0) is 9.53 Å². The summed E-state index contributed by atoms with van der Waals surface area (Å²) in [5.74, 6) is 1.55. The highest BCUT2D eigenvalue weighted by molar-refractivity contribution is 8.19. The highest BCUT2D eigenvalue weighted by Crippen LogP contribution is 2.46. The molecule has 0 amide bonds. The minimum atomic E-state index is -0.708. The van der Waals surface area contributed by atoms with Gasteiger partial charge in [0.1, 0.15) is 5.60 Å². The Morgan fingerprint density at radius 2 is 1.94 bits per heavy atom. The van der Waals surface area contributed by atoms with E-state index in [9.17, 15) is 9.18 Å². The number of thioether (sulfide) groups is 2. The summed E-state index contributed by atoms with van der Waals surface area (Å²) in [4.78, 5) is 12.1. The molecule has 5 heteroatoms. The van der Waals surface area contributed by atoms with Crippen LogP contribution in [0.2, 0.25) is 0 Å². The van der Waals surface area contributed by atoms with Crippen molar-refractivity contribution in [2.75, 3.05) is 18.2 Å². The average molecular weight is 266 g/mol. The maximum atomic E-state index is 12.6. The number of hydrogen-bond donors (Lipinski definition) is 0. The predicted molar refractivity (Wildman–Crippen MR) is 68.7 cm³/mol. The molecule has 1 fully saturated rings. The molecular weight excluding hydrogens is 247 g/mol. The van der Waals surface area contributed by atoms with E-state index in [0.29, 0.717) is 0 Å². The number of carbonyl (C=O) groups excluding carboxylic acids is 1. The van der Waals surface area contributed by atoms with Gasteiger partial charge in [0.15, 0.2) is 4.08 Å². The maximum absolute atomic E-state index is 12.6. The van der Waals surface area contributed by atoms with Crippen molar-refractivity contribution in [3.63, 3.8) is 0 Å². The Hall–Kier alpha value is 0.1000. The molecule has 1 saturated heterocycles. The van der Waals surface area contributed by atoms with Gasteiger partial charge in [-0.15, -0.1) is 23.5 Å². The minimum Gasteiger partial charge on any atom is -0.458 e. The van der Waals surface area contributed by atoms with Crippen molar-refractivity contribution in [2.24, 2.45) is 0 Å². The number of ether oxygens (including phenoxy) is 1. The molecule has 0 saturated carbocycles. The predicted octanol–water partition coefficient (Wildman–Crippen LogP) is 3.25. The second-order valence-electron chi connectivity index (χ2n) is 4.74. The molecule has 0 bridgehead atoms. The van der Waals surface area contributed by atoms with E-state index in [1.54, 1.807) is 0 Å². The van der Waals surface area contributed by atoms with Gasteiger partial charge in [-0.25, -0.2) is 4.79 Å². The van der Waals surface area contributed by atoms with Crippen LogP contribution in [0.3, 0.4) is 0 Å². The fourth-order valence-electron chi connectivity index (χ4n) is 1.42. The van der Waals surface area contributed by atoms with Crippen LogP contribution in [0.25, 0.3) is 0 Å². The molecule has 0 aromatic rings. The molecule has 1 heterocycles. The quantitative estimate of drug-likeness (QED) is 0.733. The van der Waals surface area contributed by atoms with Crippen molar-refractivity contribution in [3.8, 4) is 0 Å². The largest absolute Gasteiger partial charge is 0.458 e. The van der Waals surface area contributed by atoms with Gasteiger partial charge < -0.3 is 4.74 Å². The van der Waals surface area contributed by atoms with Gasteiger partial charge in [0.05, 0.1) is 6.67 Å². The summed E-state index contributed by atoms with van der Waals surface area (Å²) < 4.78 is 17.3. The molecular formula is C11H19FO2S2. The van der Waals surface area contributed by atoms with E-state index in [1.165, 1.54) is 23.5 Å². The summed E-state index contributed by atoms with van der Waals surface area (Å²) in [6.07, 6.45) is 1.32. The molecule has 94 valence electrons. The van der Waals surface area contributed by atoms with Crippen LogP contribution in [-0.4, -0.2) is 33.8 Å². The third kappa shape index (κ3) is 3.84. The monoisotopic (exact) mass is 266 g/mol. The number of hydrogen-bond acceptors (Lipinski definition) is 4. The van der Waals surface area contributed by atoms with Gasteiger partial charge >= 0.3 is 5.97 Å². The van der Waals surface area contributed by atoms with Crippen molar-refractivity contribution in [1.82, 2.24) is 0 Å². The molecule has 16 heavy (non-hydrogen) atoms. The lowest BCUT2D eigenvalue weighted by molar-refractivity contribution is -0.155. The van der Waals surface area contributed by atoms with Crippen LogP contribution in [0, 0.1) is 0 Å². The standard InChI is InChI=1S/C11H19FO2S2/c1-10(2,3)14-9(13)11(5-6-12)15-7-4-8-16-11/h4-8H2,1-3H3. The third-order valence-corrected chi connectivity index (χ3v) is 5.46. The smallest absolute Gasteiger partial charge is 0.333 e. The van der Waals surface area contributed by atoms with Crippen molar-refractivity contribution in [2.45, 2.75) is 43.3 Å². The van der Waals surface area contributed by atoms with E-state index < -0.39 is 16.4 Å². The van der Waals surface area contributed by atoms with Gasteiger partial charge in [0.2, 0.25) is 0 Å². The molecule has 0 unspecified atom stereocenters. The summed E-state index contributed by atoms with van der Waals surface area (Å²) >= 11 is 3.06. The molecule has 1 aliphatic heterocycles. The Kier molecular flexibility index (Phi) is 4.98. The van der Waals surface area contributed by atoms with E-state index in [2.05, 4.69) is 0 Å². The molecule has 1 rings (SSSR count). The molecule has 0 atom stereocenters. The van der Waals surface area contributed by atoms with Crippen LogP contribution in [0.5, 0.6) is 0 Å². The highest BCUT2D eigenvalue weighted by Gasteiger charge is 2.44. The maximum Gasteiger partial charge on any atom is 0.333 e. The van der Waals surface area contributed by atoms with Gasteiger partial charge in [0, 0.05) is 6.42 Å². The zero-order valence-corrected chi connectivity index (χ0v) is 11.7. The second-order valence-corrected chi connectivity index (χ2v) is 7.79. The lowest BCUT2D eigenvalue weighted by atomic mass is 10.2. The number of esters is 1. The SMILES string of the molecule is CC(C)(C)OC(=O)C1(CCF)SCCCS1. The number of rotatable bonds is 3. The summed E-state index contributed by atoms with van der Waals surface area (Å²) in [5, 5.41) is 0. The van der Waals surface area contributed by atoms with Crippen molar-refractivity contribution in [3.05, 3.63) is 0 Å². The van der Waals surface area contributed by atoms with Crippen LogP contribution < -0.4 is 0 Å². The second kappa shape index (κ2) is 5.63. The first-order valence-electron chi connectivity index (χ1n) is 5.47. The first-order chi connectivity index (χ1) is 7.40. The Morgan fingerprint density at radius 3 is 2.38 bits per heavy atom. The van der Waals surface area contributed by atoms with Crippen molar-refractivity contribution >= 4 is 29.5 Å². The normalized spacial score (nSPS) is 20.5. The summed E-state index contributed by atoms with van der Waals surface area (Å²) in [7, 11) is 0. The molecule has 0 aliphatic carbocycles. The van der Waals surface area contributed by atoms with E-state index in [0.717, 1.165) is 17.9 Å². The van der Waals surface area contributed by atoms with E-state index in [-0.39, 0.29) is 12.4 Å². The van der Waals surface area contributed by atoms with E-state index >= 15 is 0 Å². The highest BCUT2D eigenvalue weighted by atomic mass is 32.2. The number of halogens is 1. The average Bonchev–Trinajstić information content (AvgIpc) is 2.17. The minimum absolute atomic E-state index is 0.247. The molecule has 0 aromatic heterocycles. The van der Waals surface area contributed by atoms with Gasteiger partial charge in [-0.3, -0.25) is 4.39 Å². The molecule has 0 N–H and O–H groups in total. The van der Waals surface area contributed by atoms with Crippen LogP contribution in [0.4, 0.5) is 4.39 Å². The molecule has 0 radical (unpaired) electrons. The molecule has 2 nitrogen and oxygen atoms in total. The Bertz CT molecular complexity index is 239. The first-order valence-corrected chi connectivity index (χ1v) is 7.44. The van der Waals surface area contributed by atoms with Gasteiger partial charge in [-0.2, -0.15) is 0 Å². The fraction of sp³-hybridized carbons (Fsp3) is 0.909. The zero-order valence-electron chi connectivity index (χ0n) is 10.0. The van der Waals surface area contributed by atoms with Crippen LogP contribution in [0.15, 0.2) is 0 Å². The Morgan fingerprint density at radius 1 is 1.38 bits per heavy atom. The summed E-state index contributed by atoms with van der Waals surface area (Å²) in [6, 6.07) is 0. The topological polar surface area (TPSA) is 26.3 Å². The van der Waals surface area contributed by atoms with Crippen molar-refractivity contribution in [1.29, 1.82) is 0 Å². The lowest BCUT2D eigenvalue weighted by Gasteiger charge is -2.35. The lowest BCUT2D eigenvalue weighted by Crippen LogP contribution is -2.41. The number of carbonyl (C=O) groups is 1. The van der Waals surface area contributed by atoms with Gasteiger partial charge in [-0.05, 0) is 38.7 Å². The van der Waals surface area contributed by atoms with Crippen LogP contribution in [0.1, 0.15) is 33.6 Å². The van der Waals surface area contributed by atoms with Gasteiger partial charge in [0.25, 0.3) is 0 Å². The van der Waals surface area contributed by atoms with Crippen LogP contribution >= 0.6 is 23.5 Å². The zero-order chi connectivity index (χ0) is 12.2. The Labute approximate surface area is 105 Å². The molecule has 1 aliphatic rings. The van der Waals surface area contributed by atoms with E-state index in [1.807, 2.05) is 20.8 Å². The molecule has 0 spiro atoms. The third-order valence-electron chi connectivity index (χ3n) is 2.09. The van der Waals surface area contributed by atoms with Gasteiger partial charge in [-0.1, -0.05) is 0 Å². The number of alkyl halides is 1. The molecule has 0 aromatic carbocycles. The fourth-order valence-corrected chi connectivity index (χ4v) is 4.43. The Balaban J connectivity index is 2.72.